The Morgan fingerprint density at radius 3 is 2.79 bits per heavy atom. The number of benzene rings is 2. The van der Waals surface area contributed by atoms with Gasteiger partial charge in [0.15, 0.2) is 5.58 Å². The second kappa shape index (κ2) is 4.87. The van der Waals surface area contributed by atoms with E-state index in [0.717, 1.165) is 11.1 Å². The summed E-state index contributed by atoms with van der Waals surface area (Å²) in [5.74, 6) is -0.448. The van der Waals surface area contributed by atoms with Gasteiger partial charge in [0.25, 0.3) is 0 Å². The summed E-state index contributed by atoms with van der Waals surface area (Å²) >= 11 is 9.80. The zero-order chi connectivity index (χ0) is 13.4. The first-order valence-electron chi connectivity index (χ1n) is 5.66. The van der Waals surface area contributed by atoms with E-state index in [-0.39, 0.29) is 4.83 Å². The summed E-state index contributed by atoms with van der Waals surface area (Å²) in [6.45, 7) is 0. The molecule has 0 fully saturated rings. The lowest BCUT2D eigenvalue weighted by Gasteiger charge is -2.12. The fourth-order valence-corrected chi connectivity index (χ4v) is 3.04. The number of halogens is 2. The highest BCUT2D eigenvalue weighted by Crippen LogP contribution is 2.35. The Kier molecular flexibility index (Phi) is 3.21. The molecule has 3 rings (SSSR count). The number of nitrogens with one attached hydrogen (secondary N) is 1. The van der Waals surface area contributed by atoms with Crippen LogP contribution in [0.25, 0.3) is 11.1 Å². The van der Waals surface area contributed by atoms with Crippen LogP contribution in [-0.4, -0.2) is 4.98 Å². The molecule has 3 nitrogen and oxygen atoms in total. The molecule has 3 aromatic rings. The molecule has 2 aromatic carbocycles. The third kappa shape index (κ3) is 2.33. The highest BCUT2D eigenvalue weighted by molar-refractivity contribution is 9.09. The quantitative estimate of drug-likeness (QED) is 0.710. The third-order valence-corrected chi connectivity index (χ3v) is 4.28. The average molecular weight is 339 g/mol. The van der Waals surface area contributed by atoms with E-state index in [0.29, 0.717) is 16.1 Å². The first-order valence-corrected chi connectivity index (χ1v) is 6.96. The van der Waals surface area contributed by atoms with Crippen LogP contribution >= 0.6 is 27.5 Å². The second-order valence-corrected chi connectivity index (χ2v) is 5.48. The van der Waals surface area contributed by atoms with E-state index in [1.54, 1.807) is 0 Å². The van der Waals surface area contributed by atoms with Crippen molar-refractivity contribution in [3.8, 4) is 0 Å². The van der Waals surface area contributed by atoms with Crippen LogP contribution in [0.3, 0.4) is 0 Å². The van der Waals surface area contributed by atoms with Gasteiger partial charge in [-0.3, -0.25) is 4.98 Å². The van der Waals surface area contributed by atoms with Gasteiger partial charge in [0.05, 0.1) is 10.3 Å². The topological polar surface area (TPSA) is 46.0 Å². The van der Waals surface area contributed by atoms with Crippen LogP contribution in [0, 0.1) is 0 Å². The molecule has 1 heterocycles. The van der Waals surface area contributed by atoms with Gasteiger partial charge in [-0.25, -0.2) is 4.79 Å². The maximum absolute atomic E-state index is 11.1. The Balaban J connectivity index is 2.08. The monoisotopic (exact) mass is 337 g/mol. The summed E-state index contributed by atoms with van der Waals surface area (Å²) in [5, 5.41) is 0.694. The normalized spacial score (nSPS) is 12.7. The van der Waals surface area contributed by atoms with Crippen molar-refractivity contribution >= 4 is 38.6 Å². The molecule has 0 aliphatic heterocycles. The number of aromatic amines is 1. The zero-order valence-corrected chi connectivity index (χ0v) is 12.0. The number of hydrogen-bond donors (Lipinski definition) is 1. The minimum absolute atomic E-state index is 0.0502. The molecular weight excluding hydrogens is 330 g/mol. The lowest BCUT2D eigenvalue weighted by atomic mass is 10.0. The first kappa shape index (κ1) is 12.5. The summed E-state index contributed by atoms with van der Waals surface area (Å²) in [6.07, 6.45) is 0. The predicted molar refractivity (Wildman–Crippen MR) is 79.1 cm³/mol. The summed E-state index contributed by atoms with van der Waals surface area (Å²) in [6, 6.07) is 13.2. The van der Waals surface area contributed by atoms with Gasteiger partial charge in [-0.05, 0) is 29.3 Å². The molecule has 0 amide bonds. The van der Waals surface area contributed by atoms with Crippen molar-refractivity contribution in [2.45, 2.75) is 4.83 Å². The fourth-order valence-electron chi connectivity index (χ4n) is 1.98. The van der Waals surface area contributed by atoms with Gasteiger partial charge in [0.2, 0.25) is 0 Å². The molecule has 0 radical (unpaired) electrons. The molecule has 5 heteroatoms. The van der Waals surface area contributed by atoms with Crippen LogP contribution in [0.5, 0.6) is 0 Å². The largest absolute Gasteiger partial charge is 0.417 e. The smallest absolute Gasteiger partial charge is 0.408 e. The molecule has 1 N–H and O–H groups in total. The van der Waals surface area contributed by atoms with Gasteiger partial charge < -0.3 is 4.42 Å². The summed E-state index contributed by atoms with van der Waals surface area (Å²) < 4.78 is 5.06. The van der Waals surface area contributed by atoms with Gasteiger partial charge in [0.1, 0.15) is 0 Å². The lowest BCUT2D eigenvalue weighted by molar-refractivity contribution is 0.555. The Morgan fingerprint density at radius 1 is 1.21 bits per heavy atom. The van der Waals surface area contributed by atoms with Crippen LogP contribution in [0.1, 0.15) is 16.0 Å². The summed E-state index contributed by atoms with van der Waals surface area (Å²) in [7, 11) is 0. The highest BCUT2D eigenvalue weighted by Gasteiger charge is 2.14. The van der Waals surface area contributed by atoms with E-state index in [1.807, 2.05) is 42.5 Å². The van der Waals surface area contributed by atoms with Crippen LogP contribution < -0.4 is 5.76 Å². The molecule has 0 saturated heterocycles. The van der Waals surface area contributed by atoms with Crippen molar-refractivity contribution in [3.05, 3.63) is 69.2 Å². The molecule has 0 saturated carbocycles. The van der Waals surface area contributed by atoms with Crippen LogP contribution in [0.2, 0.25) is 5.02 Å². The molecule has 19 heavy (non-hydrogen) atoms. The SMILES string of the molecule is O=c1[nH]c2ccc(C(Br)c3ccccc3Cl)cc2o1. The van der Waals surface area contributed by atoms with E-state index >= 15 is 0 Å². The molecule has 1 atom stereocenters. The van der Waals surface area contributed by atoms with E-state index in [4.69, 9.17) is 16.0 Å². The van der Waals surface area contributed by atoms with E-state index in [2.05, 4.69) is 20.9 Å². The van der Waals surface area contributed by atoms with Gasteiger partial charge in [-0.1, -0.05) is 51.8 Å². The molecule has 1 unspecified atom stereocenters. The molecule has 0 aliphatic rings. The summed E-state index contributed by atoms with van der Waals surface area (Å²) in [5.41, 5.74) is 3.18. The Bertz CT molecular complexity index is 793. The summed E-state index contributed by atoms with van der Waals surface area (Å²) in [4.78, 5) is 13.7. The van der Waals surface area contributed by atoms with Crippen LogP contribution in [0.4, 0.5) is 0 Å². The van der Waals surface area contributed by atoms with Gasteiger partial charge in [0, 0.05) is 5.02 Å². The zero-order valence-electron chi connectivity index (χ0n) is 9.69. The molecule has 96 valence electrons. The Labute approximate surface area is 122 Å². The minimum atomic E-state index is -0.448. The lowest BCUT2D eigenvalue weighted by Crippen LogP contribution is -1.93. The van der Waals surface area contributed by atoms with Crippen molar-refractivity contribution in [2.75, 3.05) is 0 Å². The van der Waals surface area contributed by atoms with Crippen LogP contribution in [0.15, 0.2) is 51.7 Å². The maximum Gasteiger partial charge on any atom is 0.417 e. The van der Waals surface area contributed by atoms with E-state index in [9.17, 15) is 4.79 Å². The van der Waals surface area contributed by atoms with E-state index < -0.39 is 5.76 Å². The van der Waals surface area contributed by atoms with Crippen molar-refractivity contribution in [1.29, 1.82) is 0 Å². The number of alkyl halides is 1. The van der Waals surface area contributed by atoms with Gasteiger partial charge in [-0.2, -0.15) is 0 Å². The maximum atomic E-state index is 11.1. The third-order valence-electron chi connectivity index (χ3n) is 2.92. The Hall–Kier alpha value is -1.52. The predicted octanol–water partition coefficient (Wildman–Crippen LogP) is 4.26. The van der Waals surface area contributed by atoms with Gasteiger partial charge in [-0.15, -0.1) is 0 Å². The number of aromatic nitrogens is 1. The van der Waals surface area contributed by atoms with Crippen LogP contribution in [-0.2, 0) is 0 Å². The molecule has 0 aliphatic carbocycles. The highest BCUT2D eigenvalue weighted by atomic mass is 79.9. The number of H-pyrrole nitrogens is 1. The number of hydrogen-bond acceptors (Lipinski definition) is 2. The first-order chi connectivity index (χ1) is 9.15. The standard InChI is InChI=1S/C14H9BrClNO2/c15-13(9-3-1-2-4-10(9)16)8-5-6-11-12(7-8)19-14(18)17-11/h1-7,13H,(H,17,18). The van der Waals surface area contributed by atoms with Crippen molar-refractivity contribution in [2.24, 2.45) is 0 Å². The van der Waals surface area contributed by atoms with Gasteiger partial charge >= 0.3 is 5.76 Å². The minimum Gasteiger partial charge on any atom is -0.408 e. The molecule has 0 bridgehead atoms. The molecular formula is C14H9BrClNO2. The number of rotatable bonds is 2. The number of fused-ring (bicyclic) bond motifs is 1. The van der Waals surface area contributed by atoms with Crippen molar-refractivity contribution in [3.63, 3.8) is 0 Å². The molecule has 1 aromatic heterocycles. The second-order valence-electron chi connectivity index (χ2n) is 4.15. The van der Waals surface area contributed by atoms with Crippen molar-refractivity contribution < 1.29 is 4.42 Å². The Morgan fingerprint density at radius 2 is 2.00 bits per heavy atom. The number of oxazole rings is 1. The van der Waals surface area contributed by atoms with E-state index in [1.165, 1.54) is 0 Å². The average Bonchev–Trinajstić information content (AvgIpc) is 2.77. The molecule has 0 spiro atoms. The van der Waals surface area contributed by atoms with Crippen molar-refractivity contribution in [1.82, 2.24) is 4.98 Å². The fraction of sp³-hybridized carbons (Fsp3) is 0.0714.